The van der Waals surface area contributed by atoms with Crippen molar-refractivity contribution in [2.45, 2.75) is 32.2 Å². The van der Waals surface area contributed by atoms with Gasteiger partial charge in [0.1, 0.15) is 5.69 Å². The van der Waals surface area contributed by atoms with E-state index in [-0.39, 0.29) is 23.3 Å². The van der Waals surface area contributed by atoms with Crippen LogP contribution in [0.1, 0.15) is 37.2 Å². The highest BCUT2D eigenvalue weighted by Crippen LogP contribution is 2.33. The molecule has 2 aliphatic rings. The summed E-state index contributed by atoms with van der Waals surface area (Å²) in [7, 11) is 0. The zero-order valence-electron chi connectivity index (χ0n) is 12.4. The van der Waals surface area contributed by atoms with Crippen molar-refractivity contribution in [3.05, 3.63) is 23.0 Å². The lowest BCUT2D eigenvalue weighted by atomic mass is 9.97. The Bertz CT molecular complexity index is 577. The minimum absolute atomic E-state index is 0.0644. The lowest BCUT2D eigenvalue weighted by Crippen LogP contribution is -2.62. The van der Waals surface area contributed by atoms with Crippen molar-refractivity contribution in [2.75, 3.05) is 19.6 Å². The molecule has 21 heavy (non-hydrogen) atoms. The summed E-state index contributed by atoms with van der Waals surface area (Å²) >= 11 is 5.87. The van der Waals surface area contributed by atoms with Crippen LogP contribution in [0.4, 0.5) is 0 Å². The maximum absolute atomic E-state index is 12.6. The topological polar surface area (TPSA) is 56.4 Å². The molecule has 0 radical (unpaired) electrons. The predicted octanol–water partition coefficient (Wildman–Crippen LogP) is 2.14. The Morgan fingerprint density at radius 1 is 1.33 bits per heavy atom. The van der Waals surface area contributed by atoms with Crippen molar-refractivity contribution in [3.63, 3.8) is 0 Å². The number of amides is 2. The zero-order valence-corrected chi connectivity index (χ0v) is 13.1. The fourth-order valence-electron chi connectivity index (χ4n) is 2.94. The summed E-state index contributed by atoms with van der Waals surface area (Å²) in [4.78, 5) is 31.4. The van der Waals surface area contributed by atoms with E-state index in [1.54, 1.807) is 12.3 Å². The molecule has 1 aromatic heterocycles. The second kappa shape index (κ2) is 5.05. The summed E-state index contributed by atoms with van der Waals surface area (Å²) < 4.78 is 0. The number of aromatic nitrogens is 1. The van der Waals surface area contributed by atoms with Gasteiger partial charge >= 0.3 is 0 Å². The van der Waals surface area contributed by atoms with E-state index in [9.17, 15) is 9.59 Å². The molecule has 1 N–H and O–H groups in total. The predicted molar refractivity (Wildman–Crippen MR) is 80.2 cm³/mol. The monoisotopic (exact) mass is 309 g/mol. The van der Waals surface area contributed by atoms with Gasteiger partial charge in [0.05, 0.1) is 10.6 Å². The molecule has 5 nitrogen and oxygen atoms in total. The number of halogens is 1. The fraction of sp³-hybridized carbons (Fsp3) is 0.600. The molecule has 0 unspecified atom stereocenters. The van der Waals surface area contributed by atoms with Gasteiger partial charge in [-0.05, 0) is 32.8 Å². The first kappa shape index (κ1) is 14.4. The smallest absolute Gasteiger partial charge is 0.270 e. The van der Waals surface area contributed by atoms with E-state index in [1.165, 1.54) is 0 Å². The van der Waals surface area contributed by atoms with Crippen molar-refractivity contribution >= 4 is 23.4 Å². The first-order valence-corrected chi connectivity index (χ1v) is 7.71. The van der Waals surface area contributed by atoms with Crippen molar-refractivity contribution in [2.24, 2.45) is 5.92 Å². The SMILES string of the molecule is CC1(C)CN(C(=O)C2CC2)CCN1C(=O)c1cc(Cl)c[nH]1. The first-order valence-electron chi connectivity index (χ1n) is 7.33. The van der Waals surface area contributed by atoms with Crippen LogP contribution in [0.3, 0.4) is 0 Å². The number of hydrogen-bond acceptors (Lipinski definition) is 2. The van der Waals surface area contributed by atoms with Gasteiger partial charge in [-0.3, -0.25) is 9.59 Å². The summed E-state index contributed by atoms with van der Waals surface area (Å²) in [6.45, 7) is 5.76. The molecule has 6 heteroatoms. The molecule has 1 saturated heterocycles. The summed E-state index contributed by atoms with van der Waals surface area (Å²) in [5.74, 6) is 0.411. The molecule has 0 spiro atoms. The number of carbonyl (C=O) groups excluding carboxylic acids is 2. The fourth-order valence-corrected chi connectivity index (χ4v) is 3.11. The second-order valence-corrected chi connectivity index (χ2v) is 6.97. The maximum Gasteiger partial charge on any atom is 0.270 e. The molecule has 0 atom stereocenters. The molecule has 1 saturated carbocycles. The van der Waals surface area contributed by atoms with Crippen LogP contribution in [-0.4, -0.2) is 51.8 Å². The number of H-pyrrole nitrogens is 1. The molecule has 3 rings (SSSR count). The van der Waals surface area contributed by atoms with Gasteiger partial charge in [-0.25, -0.2) is 0 Å². The largest absolute Gasteiger partial charge is 0.356 e. The number of nitrogens with one attached hydrogen (secondary N) is 1. The number of hydrogen-bond donors (Lipinski definition) is 1. The second-order valence-electron chi connectivity index (χ2n) is 6.53. The van der Waals surface area contributed by atoms with E-state index in [1.807, 2.05) is 23.6 Å². The van der Waals surface area contributed by atoms with E-state index in [0.29, 0.717) is 30.4 Å². The Morgan fingerprint density at radius 3 is 2.57 bits per heavy atom. The van der Waals surface area contributed by atoms with Crippen LogP contribution in [0.2, 0.25) is 5.02 Å². The average Bonchev–Trinajstić information content (AvgIpc) is 3.18. The Hall–Kier alpha value is -1.49. The van der Waals surface area contributed by atoms with Crippen LogP contribution < -0.4 is 0 Å². The standard InChI is InChI=1S/C15H20ClN3O2/c1-15(2)9-18(13(20)10-3-4-10)5-6-19(15)14(21)12-7-11(16)8-17-12/h7-8,10,17H,3-6,9H2,1-2H3. The molecule has 0 aromatic carbocycles. The van der Waals surface area contributed by atoms with Crippen molar-refractivity contribution in [1.82, 2.24) is 14.8 Å². The normalized spacial score (nSPS) is 21.5. The molecule has 2 heterocycles. The quantitative estimate of drug-likeness (QED) is 0.910. The van der Waals surface area contributed by atoms with Crippen molar-refractivity contribution < 1.29 is 9.59 Å². The molecule has 1 aromatic rings. The lowest BCUT2D eigenvalue weighted by molar-refractivity contribution is -0.136. The van der Waals surface area contributed by atoms with E-state index in [2.05, 4.69) is 4.98 Å². The molecule has 0 bridgehead atoms. The number of nitrogens with zero attached hydrogens (tertiary/aromatic N) is 2. The molecular weight excluding hydrogens is 290 g/mol. The minimum Gasteiger partial charge on any atom is -0.356 e. The molecular formula is C15H20ClN3O2. The Morgan fingerprint density at radius 2 is 2.05 bits per heavy atom. The Kier molecular flexibility index (Phi) is 3.48. The van der Waals surface area contributed by atoms with Crippen LogP contribution in [0.5, 0.6) is 0 Å². The highest BCUT2D eigenvalue weighted by atomic mass is 35.5. The van der Waals surface area contributed by atoms with Gasteiger partial charge in [0.15, 0.2) is 0 Å². The van der Waals surface area contributed by atoms with Crippen LogP contribution in [0.25, 0.3) is 0 Å². The van der Waals surface area contributed by atoms with Gasteiger partial charge in [0.2, 0.25) is 5.91 Å². The highest BCUT2D eigenvalue weighted by Gasteiger charge is 2.42. The molecule has 1 aliphatic heterocycles. The minimum atomic E-state index is -0.378. The van der Waals surface area contributed by atoms with Gasteiger partial charge in [0, 0.05) is 31.7 Å². The van der Waals surface area contributed by atoms with Crippen LogP contribution >= 0.6 is 11.6 Å². The Labute approximate surface area is 129 Å². The summed E-state index contributed by atoms with van der Waals surface area (Å²) in [5.41, 5.74) is 0.118. The molecule has 114 valence electrons. The molecule has 2 amide bonds. The Balaban J connectivity index is 1.73. The first-order chi connectivity index (χ1) is 9.88. The third-order valence-electron chi connectivity index (χ3n) is 4.26. The van der Waals surface area contributed by atoms with E-state index < -0.39 is 0 Å². The van der Waals surface area contributed by atoms with E-state index in [4.69, 9.17) is 11.6 Å². The van der Waals surface area contributed by atoms with Gasteiger partial charge in [-0.1, -0.05) is 11.6 Å². The van der Waals surface area contributed by atoms with Crippen molar-refractivity contribution in [1.29, 1.82) is 0 Å². The van der Waals surface area contributed by atoms with Crippen LogP contribution in [0.15, 0.2) is 12.3 Å². The van der Waals surface area contributed by atoms with Gasteiger partial charge in [0.25, 0.3) is 5.91 Å². The summed E-state index contributed by atoms with van der Waals surface area (Å²) in [6, 6.07) is 1.64. The summed E-state index contributed by atoms with van der Waals surface area (Å²) in [6.07, 6.45) is 3.63. The number of rotatable bonds is 2. The van der Waals surface area contributed by atoms with E-state index in [0.717, 1.165) is 12.8 Å². The van der Waals surface area contributed by atoms with Crippen LogP contribution in [-0.2, 0) is 4.79 Å². The zero-order chi connectivity index (χ0) is 15.2. The van der Waals surface area contributed by atoms with Crippen LogP contribution in [0, 0.1) is 5.92 Å². The van der Waals surface area contributed by atoms with Gasteiger partial charge < -0.3 is 14.8 Å². The van der Waals surface area contributed by atoms with E-state index >= 15 is 0 Å². The molecule has 1 aliphatic carbocycles. The number of carbonyl (C=O) groups is 2. The number of aromatic amines is 1. The average molecular weight is 310 g/mol. The lowest BCUT2D eigenvalue weighted by Gasteiger charge is -2.47. The third-order valence-corrected chi connectivity index (χ3v) is 4.48. The molecule has 2 fully saturated rings. The van der Waals surface area contributed by atoms with Crippen molar-refractivity contribution in [3.8, 4) is 0 Å². The third kappa shape index (κ3) is 2.79. The highest BCUT2D eigenvalue weighted by molar-refractivity contribution is 6.30. The summed E-state index contributed by atoms with van der Waals surface area (Å²) in [5, 5.41) is 0.527. The maximum atomic E-state index is 12.6. The van der Waals surface area contributed by atoms with Gasteiger partial charge in [-0.15, -0.1) is 0 Å². The number of piperazine rings is 1. The van der Waals surface area contributed by atoms with Gasteiger partial charge in [-0.2, -0.15) is 0 Å².